The van der Waals surface area contributed by atoms with Gasteiger partial charge in [-0.15, -0.1) is 0 Å². The van der Waals surface area contributed by atoms with E-state index in [4.69, 9.17) is 4.74 Å². The second kappa shape index (κ2) is 9.27. The summed E-state index contributed by atoms with van der Waals surface area (Å²) in [6.45, 7) is 3.94. The van der Waals surface area contributed by atoms with Crippen LogP contribution >= 0.6 is 15.9 Å². The van der Waals surface area contributed by atoms with Gasteiger partial charge in [0.15, 0.2) is 0 Å². The number of rotatable bonds is 10. The first-order chi connectivity index (χ1) is 9.98. The molecule has 1 rings (SSSR count). The first kappa shape index (κ1) is 18.3. The molecule has 0 aliphatic carbocycles. The smallest absolute Gasteiger partial charge is 0.232 e. The van der Waals surface area contributed by atoms with E-state index in [1.807, 2.05) is 0 Å². The van der Waals surface area contributed by atoms with Crippen LogP contribution in [0.5, 0.6) is 5.75 Å². The van der Waals surface area contributed by atoms with E-state index < -0.39 is 10.0 Å². The van der Waals surface area contributed by atoms with E-state index >= 15 is 0 Å². The second-order valence-corrected chi connectivity index (χ2v) is 7.42. The Morgan fingerprint density at radius 2 is 2.00 bits per heavy atom. The molecular formula is C14H23BrN2O3S. The molecule has 120 valence electrons. The fraction of sp³-hybridized carbons (Fsp3) is 0.571. The summed E-state index contributed by atoms with van der Waals surface area (Å²) in [5, 5.41) is 3.26. The zero-order valence-electron chi connectivity index (χ0n) is 12.5. The lowest BCUT2D eigenvalue weighted by Crippen LogP contribution is -2.19. The first-order valence-corrected chi connectivity index (χ1v) is 9.47. The van der Waals surface area contributed by atoms with E-state index in [9.17, 15) is 8.42 Å². The van der Waals surface area contributed by atoms with Gasteiger partial charge in [0, 0.05) is 5.69 Å². The highest BCUT2D eigenvalue weighted by Crippen LogP contribution is 2.28. The molecule has 0 saturated carbocycles. The average Bonchev–Trinajstić information content (AvgIpc) is 2.42. The Bertz CT molecular complexity index is 535. The van der Waals surface area contributed by atoms with Gasteiger partial charge in [-0.1, -0.05) is 6.92 Å². The van der Waals surface area contributed by atoms with Gasteiger partial charge in [-0.05, 0) is 66.5 Å². The highest BCUT2D eigenvalue weighted by molar-refractivity contribution is 9.10. The molecule has 0 unspecified atom stereocenters. The number of hydrogen-bond acceptors (Lipinski definition) is 4. The molecule has 0 spiro atoms. The molecule has 0 heterocycles. The van der Waals surface area contributed by atoms with E-state index in [2.05, 4.69) is 32.9 Å². The Morgan fingerprint density at radius 3 is 2.62 bits per heavy atom. The molecule has 0 aliphatic rings. The maximum Gasteiger partial charge on any atom is 0.232 e. The van der Waals surface area contributed by atoms with E-state index in [1.165, 1.54) is 0 Å². The number of methoxy groups -OCH3 is 1. The molecule has 21 heavy (non-hydrogen) atoms. The number of benzene rings is 1. The van der Waals surface area contributed by atoms with Crippen LogP contribution in [0.4, 0.5) is 5.69 Å². The third-order valence-electron chi connectivity index (χ3n) is 2.87. The largest absolute Gasteiger partial charge is 0.496 e. The molecule has 7 heteroatoms. The molecule has 0 aromatic heterocycles. The topological polar surface area (TPSA) is 67.4 Å². The monoisotopic (exact) mass is 378 g/mol. The number of anilines is 1. The van der Waals surface area contributed by atoms with Crippen molar-refractivity contribution in [3.63, 3.8) is 0 Å². The van der Waals surface area contributed by atoms with Gasteiger partial charge in [0.2, 0.25) is 10.0 Å². The first-order valence-electron chi connectivity index (χ1n) is 7.03. The predicted molar refractivity (Wildman–Crippen MR) is 90.5 cm³/mol. The van der Waals surface area contributed by atoms with Gasteiger partial charge < -0.3 is 10.1 Å². The molecule has 2 N–H and O–H groups in total. The molecule has 0 bridgehead atoms. The Morgan fingerprint density at radius 1 is 1.24 bits per heavy atom. The van der Waals surface area contributed by atoms with Gasteiger partial charge in [-0.2, -0.15) is 0 Å². The van der Waals surface area contributed by atoms with Gasteiger partial charge in [0.25, 0.3) is 0 Å². The van der Waals surface area contributed by atoms with Crippen molar-refractivity contribution in [2.75, 3.05) is 30.7 Å². The third-order valence-corrected chi connectivity index (χ3v) is 4.86. The Labute approximate surface area is 135 Å². The van der Waals surface area contributed by atoms with Crippen LogP contribution in [0.2, 0.25) is 0 Å². The molecule has 0 saturated heterocycles. The van der Waals surface area contributed by atoms with Gasteiger partial charge in [0.1, 0.15) is 5.75 Å². The van der Waals surface area contributed by atoms with Crippen molar-refractivity contribution in [2.24, 2.45) is 0 Å². The SMILES string of the molecule is CCCNCCCCS(=O)(=O)Nc1ccc(OC)c(Br)c1. The minimum Gasteiger partial charge on any atom is -0.496 e. The third kappa shape index (κ3) is 7.15. The summed E-state index contributed by atoms with van der Waals surface area (Å²) in [5.74, 6) is 0.796. The summed E-state index contributed by atoms with van der Waals surface area (Å²) in [6.07, 6.45) is 2.59. The number of nitrogens with one attached hydrogen (secondary N) is 2. The molecule has 0 amide bonds. The summed E-state index contributed by atoms with van der Waals surface area (Å²) >= 11 is 3.33. The van der Waals surface area contributed by atoms with Gasteiger partial charge in [0.05, 0.1) is 17.3 Å². The summed E-state index contributed by atoms with van der Waals surface area (Å²) in [7, 11) is -1.74. The number of ether oxygens (including phenoxy) is 1. The average molecular weight is 379 g/mol. The van der Waals surface area contributed by atoms with Crippen LogP contribution in [-0.4, -0.2) is 34.4 Å². The number of sulfonamides is 1. The lowest BCUT2D eigenvalue weighted by atomic mass is 10.3. The molecular weight excluding hydrogens is 356 g/mol. The van der Waals surface area contributed by atoms with Crippen LogP contribution in [0.15, 0.2) is 22.7 Å². The molecule has 0 radical (unpaired) electrons. The maximum atomic E-state index is 12.0. The van der Waals surface area contributed by atoms with Gasteiger partial charge in [-0.25, -0.2) is 8.42 Å². The second-order valence-electron chi connectivity index (χ2n) is 4.73. The van der Waals surface area contributed by atoms with Crippen molar-refractivity contribution in [1.29, 1.82) is 0 Å². The lowest BCUT2D eigenvalue weighted by molar-refractivity contribution is 0.412. The van der Waals surface area contributed by atoms with Crippen LogP contribution in [0.3, 0.4) is 0 Å². The molecule has 0 atom stereocenters. The fourth-order valence-corrected chi connectivity index (χ4v) is 3.52. The number of unbranched alkanes of at least 4 members (excludes halogenated alkanes) is 1. The van der Waals surface area contributed by atoms with Gasteiger partial charge >= 0.3 is 0 Å². The van der Waals surface area contributed by atoms with Crippen molar-refractivity contribution in [3.05, 3.63) is 22.7 Å². The summed E-state index contributed by atoms with van der Waals surface area (Å²) in [6, 6.07) is 5.10. The Balaban J connectivity index is 2.43. The zero-order valence-corrected chi connectivity index (χ0v) is 14.9. The molecule has 1 aromatic carbocycles. The normalized spacial score (nSPS) is 11.4. The molecule has 0 aliphatic heterocycles. The molecule has 5 nitrogen and oxygen atoms in total. The van der Waals surface area contributed by atoms with Crippen molar-refractivity contribution in [1.82, 2.24) is 5.32 Å². The highest BCUT2D eigenvalue weighted by atomic mass is 79.9. The summed E-state index contributed by atoms with van der Waals surface area (Å²) in [5.41, 5.74) is 0.534. The standard InChI is InChI=1S/C14H23BrN2O3S/c1-3-8-16-9-4-5-10-21(18,19)17-12-6-7-14(20-2)13(15)11-12/h6-7,11,16-17H,3-5,8-10H2,1-2H3. The number of hydrogen-bond donors (Lipinski definition) is 2. The lowest BCUT2D eigenvalue weighted by Gasteiger charge is -2.10. The van der Waals surface area contributed by atoms with Gasteiger partial charge in [-0.3, -0.25) is 4.72 Å². The van der Waals surface area contributed by atoms with E-state index in [0.717, 1.165) is 25.9 Å². The maximum absolute atomic E-state index is 12.0. The molecule has 0 fully saturated rings. The van der Waals surface area contributed by atoms with Crippen molar-refractivity contribution in [3.8, 4) is 5.75 Å². The Kier molecular flexibility index (Phi) is 8.06. The van der Waals surface area contributed by atoms with E-state index in [1.54, 1.807) is 25.3 Å². The van der Waals surface area contributed by atoms with Crippen LogP contribution in [-0.2, 0) is 10.0 Å². The van der Waals surface area contributed by atoms with Crippen molar-refractivity contribution < 1.29 is 13.2 Å². The minimum absolute atomic E-state index is 0.129. The summed E-state index contributed by atoms with van der Waals surface area (Å²) in [4.78, 5) is 0. The fourth-order valence-electron chi connectivity index (χ4n) is 1.80. The van der Waals surface area contributed by atoms with Crippen LogP contribution < -0.4 is 14.8 Å². The van der Waals surface area contributed by atoms with Crippen molar-refractivity contribution in [2.45, 2.75) is 26.2 Å². The molecule has 1 aromatic rings. The quantitative estimate of drug-likeness (QED) is 0.614. The number of halogens is 1. The van der Waals surface area contributed by atoms with E-state index in [0.29, 0.717) is 22.3 Å². The van der Waals surface area contributed by atoms with Crippen molar-refractivity contribution >= 4 is 31.6 Å². The Hall–Kier alpha value is -0.790. The minimum atomic E-state index is -3.30. The van der Waals surface area contributed by atoms with Crippen LogP contribution in [0.1, 0.15) is 26.2 Å². The predicted octanol–water partition coefficient (Wildman–Crippen LogP) is 2.98. The van der Waals surface area contributed by atoms with Crippen LogP contribution in [0.25, 0.3) is 0 Å². The van der Waals surface area contributed by atoms with Crippen LogP contribution in [0, 0.1) is 0 Å². The summed E-state index contributed by atoms with van der Waals surface area (Å²) < 4.78 is 32.4. The van der Waals surface area contributed by atoms with E-state index in [-0.39, 0.29) is 5.75 Å². The highest BCUT2D eigenvalue weighted by Gasteiger charge is 2.11. The zero-order chi connectivity index (χ0) is 15.7.